The first-order valence-corrected chi connectivity index (χ1v) is 5.32. The standard InChI is InChI=1S/C12H15N/c1-2-4-9(5-3-1)11-6-10-7-13-8-12(10)11/h1-5,10-13H,6-8H2/p+1. The van der Waals surface area contributed by atoms with Crippen molar-refractivity contribution in [3.8, 4) is 0 Å². The molecule has 3 rings (SSSR count). The molecule has 0 bridgehead atoms. The molecule has 0 radical (unpaired) electrons. The molecule has 0 aromatic heterocycles. The molecule has 1 nitrogen and oxygen atoms in total. The van der Waals surface area contributed by atoms with E-state index in [0.717, 1.165) is 17.8 Å². The van der Waals surface area contributed by atoms with Crippen LogP contribution in [0.15, 0.2) is 30.3 Å². The topological polar surface area (TPSA) is 16.6 Å². The zero-order chi connectivity index (χ0) is 8.67. The van der Waals surface area contributed by atoms with Crippen LogP contribution >= 0.6 is 0 Å². The van der Waals surface area contributed by atoms with Gasteiger partial charge in [-0.25, -0.2) is 0 Å². The summed E-state index contributed by atoms with van der Waals surface area (Å²) in [6.45, 7) is 2.75. The summed E-state index contributed by atoms with van der Waals surface area (Å²) in [5.41, 5.74) is 1.57. The zero-order valence-electron chi connectivity index (χ0n) is 7.82. The minimum atomic E-state index is 0.880. The number of rotatable bonds is 1. The van der Waals surface area contributed by atoms with Gasteiger partial charge in [-0.15, -0.1) is 0 Å². The Morgan fingerprint density at radius 3 is 2.69 bits per heavy atom. The lowest BCUT2D eigenvalue weighted by Gasteiger charge is -2.37. The molecule has 1 aliphatic carbocycles. The van der Waals surface area contributed by atoms with Crippen LogP contribution in [0.25, 0.3) is 0 Å². The maximum atomic E-state index is 2.48. The van der Waals surface area contributed by atoms with Crippen LogP contribution in [0.1, 0.15) is 17.9 Å². The highest BCUT2D eigenvalue weighted by molar-refractivity contribution is 5.24. The van der Waals surface area contributed by atoms with Crippen molar-refractivity contribution in [2.24, 2.45) is 11.8 Å². The second-order valence-corrected chi connectivity index (χ2v) is 4.44. The van der Waals surface area contributed by atoms with Crippen molar-refractivity contribution in [3.05, 3.63) is 35.9 Å². The normalized spacial score (nSPS) is 36.8. The third kappa shape index (κ3) is 1.11. The van der Waals surface area contributed by atoms with Crippen LogP contribution in [-0.4, -0.2) is 13.1 Å². The fraction of sp³-hybridized carbons (Fsp3) is 0.500. The van der Waals surface area contributed by atoms with Gasteiger partial charge in [-0.05, 0) is 17.9 Å². The van der Waals surface area contributed by atoms with Gasteiger partial charge in [0.05, 0.1) is 13.1 Å². The first-order chi connectivity index (χ1) is 6.45. The van der Waals surface area contributed by atoms with Crippen molar-refractivity contribution in [2.75, 3.05) is 13.1 Å². The fourth-order valence-electron chi connectivity index (χ4n) is 3.02. The molecule has 2 fully saturated rings. The molecule has 1 aromatic rings. The Morgan fingerprint density at radius 2 is 1.92 bits per heavy atom. The summed E-state index contributed by atoms with van der Waals surface area (Å²) in [5.74, 6) is 2.90. The van der Waals surface area contributed by atoms with Gasteiger partial charge >= 0.3 is 0 Å². The van der Waals surface area contributed by atoms with Crippen LogP contribution in [0.2, 0.25) is 0 Å². The quantitative estimate of drug-likeness (QED) is 0.653. The molecule has 68 valence electrons. The molecule has 0 spiro atoms. The molecule has 3 atom stereocenters. The Labute approximate surface area is 79.2 Å². The van der Waals surface area contributed by atoms with Crippen molar-refractivity contribution in [1.82, 2.24) is 0 Å². The summed E-state index contributed by atoms with van der Waals surface area (Å²) in [7, 11) is 0. The molecule has 2 N–H and O–H groups in total. The van der Waals surface area contributed by atoms with Gasteiger partial charge in [0.15, 0.2) is 0 Å². The molecule has 1 aliphatic heterocycles. The first-order valence-electron chi connectivity index (χ1n) is 5.32. The molecule has 1 aromatic carbocycles. The second-order valence-electron chi connectivity index (χ2n) is 4.44. The van der Waals surface area contributed by atoms with Gasteiger partial charge in [-0.2, -0.15) is 0 Å². The predicted molar refractivity (Wildman–Crippen MR) is 52.4 cm³/mol. The number of fused-ring (bicyclic) bond motifs is 1. The Hall–Kier alpha value is -0.820. The van der Waals surface area contributed by atoms with E-state index in [-0.39, 0.29) is 0 Å². The third-order valence-electron chi connectivity index (χ3n) is 3.81. The van der Waals surface area contributed by atoms with Gasteiger partial charge < -0.3 is 5.32 Å². The van der Waals surface area contributed by atoms with Crippen LogP contribution in [0.4, 0.5) is 0 Å². The van der Waals surface area contributed by atoms with Crippen molar-refractivity contribution in [3.63, 3.8) is 0 Å². The highest BCUT2D eigenvalue weighted by Crippen LogP contribution is 2.47. The molecular weight excluding hydrogens is 158 g/mol. The molecule has 0 amide bonds. The van der Waals surface area contributed by atoms with Crippen LogP contribution in [-0.2, 0) is 0 Å². The summed E-state index contributed by atoms with van der Waals surface area (Å²) in [6.07, 6.45) is 1.44. The number of benzene rings is 1. The minimum Gasteiger partial charge on any atom is -0.346 e. The van der Waals surface area contributed by atoms with E-state index in [2.05, 4.69) is 35.6 Å². The SMILES string of the molecule is c1ccc(C2CC3C[NH2+]CC32)cc1. The molecule has 13 heavy (non-hydrogen) atoms. The van der Waals surface area contributed by atoms with E-state index in [1.807, 2.05) is 0 Å². The number of hydrogen-bond donors (Lipinski definition) is 1. The molecule has 2 aliphatic rings. The Morgan fingerprint density at radius 1 is 1.08 bits per heavy atom. The minimum absolute atomic E-state index is 0.880. The van der Waals surface area contributed by atoms with E-state index in [4.69, 9.17) is 0 Å². The van der Waals surface area contributed by atoms with Crippen molar-refractivity contribution in [2.45, 2.75) is 12.3 Å². The average molecular weight is 174 g/mol. The van der Waals surface area contributed by atoms with E-state index in [1.165, 1.54) is 19.5 Å². The highest BCUT2D eigenvalue weighted by Gasteiger charge is 2.47. The average Bonchev–Trinajstić information content (AvgIpc) is 2.50. The van der Waals surface area contributed by atoms with Crippen molar-refractivity contribution < 1.29 is 5.32 Å². The van der Waals surface area contributed by atoms with Crippen LogP contribution in [0.5, 0.6) is 0 Å². The molecule has 1 saturated carbocycles. The Kier molecular flexibility index (Phi) is 1.66. The fourth-order valence-corrected chi connectivity index (χ4v) is 3.02. The first kappa shape index (κ1) is 7.57. The number of quaternary nitrogens is 1. The van der Waals surface area contributed by atoms with Gasteiger partial charge in [0.25, 0.3) is 0 Å². The molecule has 1 heterocycles. The molecule has 1 heteroatoms. The summed E-state index contributed by atoms with van der Waals surface area (Å²) in [5, 5.41) is 2.48. The zero-order valence-corrected chi connectivity index (χ0v) is 7.82. The van der Waals surface area contributed by atoms with Crippen molar-refractivity contribution in [1.29, 1.82) is 0 Å². The van der Waals surface area contributed by atoms with Gasteiger partial charge in [0, 0.05) is 11.8 Å². The number of hydrogen-bond acceptors (Lipinski definition) is 0. The van der Waals surface area contributed by atoms with E-state index >= 15 is 0 Å². The van der Waals surface area contributed by atoms with E-state index in [1.54, 1.807) is 5.56 Å². The Balaban J connectivity index is 1.81. The summed E-state index contributed by atoms with van der Waals surface area (Å²) < 4.78 is 0. The lowest BCUT2D eigenvalue weighted by atomic mass is 9.64. The van der Waals surface area contributed by atoms with E-state index < -0.39 is 0 Å². The second kappa shape index (κ2) is 2.85. The van der Waals surface area contributed by atoms with Gasteiger partial charge in [0.2, 0.25) is 0 Å². The maximum Gasteiger partial charge on any atom is 0.0794 e. The maximum absolute atomic E-state index is 2.48. The summed E-state index contributed by atoms with van der Waals surface area (Å²) >= 11 is 0. The lowest BCUT2D eigenvalue weighted by molar-refractivity contribution is -0.639. The van der Waals surface area contributed by atoms with Gasteiger partial charge in [-0.1, -0.05) is 30.3 Å². The summed E-state index contributed by atoms with van der Waals surface area (Å²) in [6, 6.07) is 11.0. The smallest absolute Gasteiger partial charge is 0.0794 e. The van der Waals surface area contributed by atoms with Crippen LogP contribution < -0.4 is 5.32 Å². The van der Waals surface area contributed by atoms with Crippen LogP contribution in [0, 0.1) is 11.8 Å². The van der Waals surface area contributed by atoms with Gasteiger partial charge in [-0.3, -0.25) is 0 Å². The molecule has 1 saturated heterocycles. The molecular formula is C12H16N+. The van der Waals surface area contributed by atoms with E-state index in [0.29, 0.717) is 0 Å². The van der Waals surface area contributed by atoms with Crippen LogP contribution in [0.3, 0.4) is 0 Å². The molecule has 3 unspecified atom stereocenters. The number of nitrogens with two attached hydrogens (primary N) is 1. The lowest BCUT2D eigenvalue weighted by Crippen LogP contribution is -2.81. The third-order valence-corrected chi connectivity index (χ3v) is 3.81. The monoisotopic (exact) mass is 174 g/mol. The van der Waals surface area contributed by atoms with Crippen molar-refractivity contribution >= 4 is 0 Å². The van der Waals surface area contributed by atoms with E-state index in [9.17, 15) is 0 Å². The summed E-state index contributed by atoms with van der Waals surface area (Å²) in [4.78, 5) is 0. The predicted octanol–water partition coefficient (Wildman–Crippen LogP) is 0.983. The Bertz CT molecular complexity index is 293. The largest absolute Gasteiger partial charge is 0.346 e. The highest BCUT2D eigenvalue weighted by atomic mass is 14.9. The van der Waals surface area contributed by atoms with Gasteiger partial charge in [0.1, 0.15) is 0 Å².